The summed E-state index contributed by atoms with van der Waals surface area (Å²) in [6.07, 6.45) is -5.86. The summed E-state index contributed by atoms with van der Waals surface area (Å²) in [6.45, 7) is 3.26. The monoisotopic (exact) mass is 503 g/mol. The maximum Gasteiger partial charge on any atom is 0.417 e. The second-order valence-corrected chi connectivity index (χ2v) is 8.10. The molecule has 0 radical (unpaired) electrons. The van der Waals surface area contributed by atoms with Gasteiger partial charge in [-0.3, -0.25) is 9.59 Å². The van der Waals surface area contributed by atoms with Gasteiger partial charge in [-0.15, -0.1) is 0 Å². The average Bonchev–Trinajstić information content (AvgIpc) is 3.05. The molecule has 3 N–H and O–H groups in total. The summed E-state index contributed by atoms with van der Waals surface area (Å²) < 4.78 is 81.3. The zero-order valence-corrected chi connectivity index (χ0v) is 18.8. The number of halogens is 5. The Hall–Kier alpha value is -3.48. The van der Waals surface area contributed by atoms with E-state index < -0.39 is 64.6 Å². The van der Waals surface area contributed by atoms with Crippen molar-refractivity contribution in [1.82, 2.24) is 4.73 Å². The van der Waals surface area contributed by atoms with Crippen LogP contribution in [0.5, 0.6) is 5.75 Å². The van der Waals surface area contributed by atoms with Crippen LogP contribution in [-0.2, 0) is 9.53 Å². The molecule has 1 fully saturated rings. The molecule has 8 nitrogen and oxygen atoms in total. The number of alkyl halides is 3. The molecule has 13 heteroatoms. The van der Waals surface area contributed by atoms with Gasteiger partial charge in [0.1, 0.15) is 11.8 Å². The minimum Gasteiger partial charge on any atom is -0.490 e. The molecular formula is C22H22F5N3O5. The molecule has 2 amide bonds. The van der Waals surface area contributed by atoms with Gasteiger partial charge in [0, 0.05) is 23.6 Å². The maximum absolute atomic E-state index is 14.5. The van der Waals surface area contributed by atoms with E-state index >= 15 is 0 Å². The Kier molecular flexibility index (Phi) is 6.93. The summed E-state index contributed by atoms with van der Waals surface area (Å²) >= 11 is 0. The van der Waals surface area contributed by atoms with Crippen LogP contribution in [0.15, 0.2) is 35.5 Å². The number of aromatic nitrogens is 1. The fraction of sp³-hybridized carbons (Fsp3) is 0.409. The topological polar surface area (TPSA) is 116 Å². The lowest BCUT2D eigenvalue weighted by Gasteiger charge is -2.32. The largest absolute Gasteiger partial charge is 0.490 e. The molecule has 1 aromatic heterocycles. The summed E-state index contributed by atoms with van der Waals surface area (Å²) in [5.74, 6) is -8.46. The number of rotatable bonds is 5. The van der Waals surface area contributed by atoms with Crippen LogP contribution in [0.1, 0.15) is 42.7 Å². The highest BCUT2D eigenvalue weighted by Crippen LogP contribution is 2.55. The van der Waals surface area contributed by atoms with Gasteiger partial charge >= 0.3 is 6.18 Å². The average molecular weight is 503 g/mol. The molecular weight excluding hydrogens is 481 g/mol. The molecule has 1 saturated heterocycles. The van der Waals surface area contributed by atoms with Crippen molar-refractivity contribution in [2.24, 2.45) is 16.6 Å². The lowest BCUT2D eigenvalue weighted by Crippen LogP contribution is -2.47. The van der Waals surface area contributed by atoms with Crippen LogP contribution >= 0.6 is 0 Å². The van der Waals surface area contributed by atoms with Crippen molar-refractivity contribution in [1.29, 1.82) is 0 Å². The normalized spacial score (nSPS) is 25.0. The third kappa shape index (κ3) is 4.59. The number of pyridine rings is 1. The van der Waals surface area contributed by atoms with Gasteiger partial charge in [-0.1, -0.05) is 13.0 Å². The summed E-state index contributed by atoms with van der Waals surface area (Å²) in [4.78, 5) is 28.3. The molecule has 0 spiro atoms. The zero-order chi connectivity index (χ0) is 26.3. The predicted molar refractivity (Wildman–Crippen MR) is 109 cm³/mol. The Balaban J connectivity index is 2.19. The van der Waals surface area contributed by atoms with E-state index in [1.165, 1.54) is 13.8 Å². The van der Waals surface area contributed by atoms with Crippen molar-refractivity contribution in [2.45, 2.75) is 44.6 Å². The van der Waals surface area contributed by atoms with Crippen LogP contribution < -0.4 is 15.8 Å². The van der Waals surface area contributed by atoms with Crippen LogP contribution in [-0.4, -0.2) is 46.2 Å². The molecule has 2 aromatic rings. The minimum absolute atomic E-state index is 0.129. The van der Waals surface area contributed by atoms with Crippen molar-refractivity contribution >= 4 is 11.8 Å². The third-order valence-electron chi connectivity index (χ3n) is 6.05. The van der Waals surface area contributed by atoms with Crippen molar-refractivity contribution in [3.05, 3.63) is 58.7 Å². The quantitative estimate of drug-likeness (QED) is 0.481. The lowest BCUT2D eigenvalue weighted by molar-refractivity contribution is -0.272. The summed E-state index contributed by atoms with van der Waals surface area (Å²) in [5.41, 5.74) is 1.65. The first kappa shape index (κ1) is 26.1. The first-order chi connectivity index (χ1) is 16.2. The van der Waals surface area contributed by atoms with Gasteiger partial charge in [-0.05, 0) is 32.0 Å². The SMILES string of the molecule is CCOc1c([C@H]2[C@@H](C)[C@@](C)(C(F)(F)F)O[C@H]2C(=O)N=c2ccn(O)c(C(N)=O)c2)ccc(F)c1F. The van der Waals surface area contributed by atoms with E-state index in [0.29, 0.717) is 4.73 Å². The molecule has 1 aliphatic rings. The second-order valence-electron chi connectivity index (χ2n) is 8.10. The number of nitrogens with two attached hydrogens (primary N) is 1. The molecule has 2 heterocycles. The van der Waals surface area contributed by atoms with Crippen molar-refractivity contribution in [3.8, 4) is 5.75 Å². The molecule has 1 aromatic carbocycles. The first-order valence-corrected chi connectivity index (χ1v) is 10.4. The predicted octanol–water partition coefficient (Wildman–Crippen LogP) is 3.07. The number of hydrogen-bond acceptors (Lipinski definition) is 5. The molecule has 0 aliphatic carbocycles. The van der Waals surface area contributed by atoms with Crippen LogP contribution in [0.25, 0.3) is 0 Å². The number of nitrogens with zero attached hydrogens (tertiary/aromatic N) is 2. The van der Waals surface area contributed by atoms with E-state index in [4.69, 9.17) is 15.2 Å². The molecule has 0 saturated carbocycles. The fourth-order valence-corrected chi connectivity index (χ4v) is 4.04. The smallest absolute Gasteiger partial charge is 0.417 e. The van der Waals surface area contributed by atoms with Crippen LogP contribution in [0.4, 0.5) is 22.0 Å². The summed E-state index contributed by atoms with van der Waals surface area (Å²) in [6, 6.07) is 3.81. The van der Waals surface area contributed by atoms with Crippen LogP contribution in [0.3, 0.4) is 0 Å². The van der Waals surface area contributed by atoms with E-state index in [1.807, 2.05) is 0 Å². The molecule has 190 valence electrons. The van der Waals surface area contributed by atoms with E-state index in [1.54, 1.807) is 0 Å². The van der Waals surface area contributed by atoms with Crippen molar-refractivity contribution in [2.75, 3.05) is 6.61 Å². The molecule has 0 unspecified atom stereocenters. The van der Waals surface area contributed by atoms with Crippen LogP contribution in [0, 0.1) is 17.6 Å². The van der Waals surface area contributed by atoms with E-state index in [2.05, 4.69) is 4.99 Å². The Morgan fingerprint density at radius 2 is 1.94 bits per heavy atom. The Morgan fingerprint density at radius 1 is 1.29 bits per heavy atom. The fourth-order valence-electron chi connectivity index (χ4n) is 4.04. The maximum atomic E-state index is 14.5. The van der Waals surface area contributed by atoms with Crippen molar-refractivity contribution in [3.63, 3.8) is 0 Å². The molecule has 1 aliphatic heterocycles. The van der Waals surface area contributed by atoms with Crippen LogP contribution in [0.2, 0.25) is 0 Å². The zero-order valence-electron chi connectivity index (χ0n) is 18.8. The van der Waals surface area contributed by atoms with E-state index in [9.17, 15) is 36.7 Å². The van der Waals surface area contributed by atoms with Gasteiger partial charge in [-0.2, -0.15) is 22.3 Å². The molecule has 35 heavy (non-hydrogen) atoms. The van der Waals surface area contributed by atoms with E-state index in [0.717, 1.165) is 37.4 Å². The Morgan fingerprint density at radius 3 is 2.51 bits per heavy atom. The summed E-state index contributed by atoms with van der Waals surface area (Å²) in [7, 11) is 0. The number of hydrogen-bond donors (Lipinski definition) is 2. The highest BCUT2D eigenvalue weighted by Gasteiger charge is 2.65. The number of primary amides is 1. The number of carbonyl (C=O) groups is 2. The first-order valence-electron chi connectivity index (χ1n) is 10.4. The van der Waals surface area contributed by atoms with Gasteiger partial charge in [0.05, 0.1) is 12.0 Å². The van der Waals surface area contributed by atoms with E-state index in [-0.39, 0.29) is 17.5 Å². The number of amides is 2. The Bertz CT molecular complexity index is 1230. The van der Waals surface area contributed by atoms with Crippen molar-refractivity contribution < 1.29 is 46.2 Å². The molecule has 4 atom stereocenters. The highest BCUT2D eigenvalue weighted by atomic mass is 19.4. The van der Waals surface area contributed by atoms with Gasteiger partial charge in [-0.25, -0.2) is 9.38 Å². The minimum atomic E-state index is -4.93. The second kappa shape index (κ2) is 9.29. The number of carbonyl (C=O) groups excluding carboxylic acids is 2. The Labute approximate surface area is 195 Å². The number of ether oxygens (including phenoxy) is 2. The third-order valence-corrected chi connectivity index (χ3v) is 6.05. The summed E-state index contributed by atoms with van der Waals surface area (Å²) in [5, 5.41) is 9.42. The number of benzene rings is 1. The molecule has 3 rings (SSSR count). The lowest BCUT2D eigenvalue weighted by atomic mass is 9.77. The highest BCUT2D eigenvalue weighted by molar-refractivity contribution is 5.91. The van der Waals surface area contributed by atoms with Gasteiger partial charge in [0.15, 0.2) is 17.2 Å². The van der Waals surface area contributed by atoms with Gasteiger partial charge < -0.3 is 20.4 Å². The van der Waals surface area contributed by atoms with Gasteiger partial charge in [0.25, 0.3) is 11.8 Å². The standard InChI is InChI=1S/C22H22F5N3O5/c1-4-34-17-12(5-6-13(23)16(17)24)15-10(2)21(3,22(25,26)27)35-18(15)20(32)29-11-7-8-30(33)14(9-11)19(28)31/h5-10,15,18,33H,4H2,1-3H3,(H2,28,31)/t10-,15-,18-,21+/m1/s1. The molecule has 0 bridgehead atoms. The van der Waals surface area contributed by atoms with Gasteiger partial charge in [0.2, 0.25) is 5.82 Å².